The number of hydrogen-bond donors (Lipinski definition) is 2. The number of unbranched alkanes of at least 4 members (excludes halogenated alkanes) is 2. The van der Waals surface area contributed by atoms with E-state index in [1.807, 2.05) is 0 Å². The van der Waals surface area contributed by atoms with Crippen LogP contribution in [-0.4, -0.2) is 35.6 Å². The van der Waals surface area contributed by atoms with E-state index in [0.29, 0.717) is 29.2 Å². The maximum absolute atomic E-state index is 13.3. The Balaban J connectivity index is 1.77. The Morgan fingerprint density at radius 1 is 0.917 bits per heavy atom. The van der Waals surface area contributed by atoms with Crippen molar-refractivity contribution in [2.24, 2.45) is 0 Å². The zero-order valence-corrected chi connectivity index (χ0v) is 20.3. The third-order valence-electron chi connectivity index (χ3n) is 6.16. The normalized spacial score (nSPS) is 16.8. The average Bonchev–Trinajstić information content (AvgIpc) is 3.17. The standard InChI is InChI=1S/C29H29NO6/c1-3-4-7-18-36-22-16-12-20(13-17-22)27(32)25-26(19-10-14-21(35-2)15-11-19)30(29(34)28(25)33)23-8-5-6-9-24(23)31/h5-6,8-17,26,31-32H,3-4,7,18H2,1-2H3/b27-25+. The van der Waals surface area contributed by atoms with Gasteiger partial charge in [-0.1, -0.05) is 44.0 Å². The number of ketones is 1. The Hall–Kier alpha value is -4.26. The Kier molecular flexibility index (Phi) is 7.59. The highest BCUT2D eigenvalue weighted by Gasteiger charge is 2.47. The van der Waals surface area contributed by atoms with Gasteiger partial charge in [0.05, 0.1) is 31.0 Å². The fraction of sp³-hybridized carbons (Fsp3) is 0.241. The van der Waals surface area contributed by atoms with Gasteiger partial charge in [-0.15, -0.1) is 0 Å². The largest absolute Gasteiger partial charge is 0.507 e. The fourth-order valence-corrected chi connectivity index (χ4v) is 4.26. The molecule has 0 aromatic heterocycles. The molecule has 0 bridgehead atoms. The second kappa shape index (κ2) is 11.0. The summed E-state index contributed by atoms with van der Waals surface area (Å²) < 4.78 is 11.0. The lowest BCUT2D eigenvalue weighted by Gasteiger charge is -2.26. The Bertz CT molecular complexity index is 1260. The molecule has 1 aliphatic rings. The van der Waals surface area contributed by atoms with Crippen molar-refractivity contribution in [1.29, 1.82) is 0 Å². The number of methoxy groups -OCH3 is 1. The summed E-state index contributed by atoms with van der Waals surface area (Å²) in [4.78, 5) is 27.7. The van der Waals surface area contributed by atoms with E-state index in [1.165, 1.54) is 11.0 Å². The minimum Gasteiger partial charge on any atom is -0.507 e. The predicted octanol–water partition coefficient (Wildman–Crippen LogP) is 5.60. The lowest BCUT2D eigenvalue weighted by Crippen LogP contribution is -2.29. The van der Waals surface area contributed by atoms with Crippen molar-refractivity contribution in [2.45, 2.75) is 32.2 Å². The van der Waals surface area contributed by atoms with Crippen molar-refractivity contribution in [3.05, 3.63) is 89.5 Å². The summed E-state index contributed by atoms with van der Waals surface area (Å²) in [6.45, 7) is 2.72. The molecule has 3 aromatic carbocycles. The molecule has 1 saturated heterocycles. The van der Waals surface area contributed by atoms with E-state index in [-0.39, 0.29) is 22.8 Å². The molecular weight excluding hydrogens is 458 g/mol. The van der Waals surface area contributed by atoms with Crippen LogP contribution in [0.2, 0.25) is 0 Å². The first kappa shape index (κ1) is 24.9. The summed E-state index contributed by atoms with van der Waals surface area (Å²) in [6, 6.07) is 19.0. The topological polar surface area (TPSA) is 96.3 Å². The zero-order valence-electron chi connectivity index (χ0n) is 20.3. The van der Waals surface area contributed by atoms with Crippen LogP contribution >= 0.6 is 0 Å². The average molecular weight is 488 g/mol. The molecule has 2 N–H and O–H groups in total. The molecule has 1 atom stereocenters. The molecular formula is C29H29NO6. The minimum absolute atomic E-state index is 0.0648. The molecule has 4 rings (SSSR count). The summed E-state index contributed by atoms with van der Waals surface area (Å²) in [5, 5.41) is 21.7. The quantitative estimate of drug-likeness (QED) is 0.177. The van der Waals surface area contributed by atoms with Gasteiger partial charge in [-0.3, -0.25) is 14.5 Å². The first-order chi connectivity index (χ1) is 17.5. The van der Waals surface area contributed by atoms with Gasteiger partial charge < -0.3 is 19.7 Å². The molecule has 186 valence electrons. The number of phenolic OH excluding ortho intramolecular Hbond substituents is 1. The Labute approximate surface area is 210 Å². The van der Waals surface area contributed by atoms with Crippen molar-refractivity contribution in [3.8, 4) is 17.2 Å². The van der Waals surface area contributed by atoms with Crippen molar-refractivity contribution < 1.29 is 29.3 Å². The van der Waals surface area contributed by atoms with E-state index in [0.717, 1.165) is 19.3 Å². The van der Waals surface area contributed by atoms with E-state index in [9.17, 15) is 19.8 Å². The number of aliphatic hydroxyl groups is 1. The van der Waals surface area contributed by atoms with E-state index >= 15 is 0 Å². The summed E-state index contributed by atoms with van der Waals surface area (Å²) in [5.41, 5.74) is 1.07. The number of amides is 1. The number of anilines is 1. The summed E-state index contributed by atoms with van der Waals surface area (Å²) >= 11 is 0. The van der Waals surface area contributed by atoms with Gasteiger partial charge in [-0.25, -0.2) is 0 Å². The first-order valence-corrected chi connectivity index (χ1v) is 11.9. The molecule has 1 amide bonds. The molecule has 0 aliphatic carbocycles. The third kappa shape index (κ3) is 4.91. The first-order valence-electron chi connectivity index (χ1n) is 11.9. The number of nitrogens with zero attached hydrogens (tertiary/aromatic N) is 1. The lowest BCUT2D eigenvalue weighted by atomic mass is 9.95. The maximum atomic E-state index is 13.3. The van der Waals surface area contributed by atoms with Gasteiger partial charge in [0.15, 0.2) is 0 Å². The number of aliphatic hydroxyl groups excluding tert-OH is 1. The molecule has 7 nitrogen and oxygen atoms in total. The van der Waals surface area contributed by atoms with Gasteiger partial charge in [0.25, 0.3) is 11.7 Å². The lowest BCUT2D eigenvalue weighted by molar-refractivity contribution is -0.132. The smallest absolute Gasteiger partial charge is 0.300 e. The molecule has 3 aromatic rings. The summed E-state index contributed by atoms with van der Waals surface area (Å²) in [5.74, 6) is -0.866. The van der Waals surface area contributed by atoms with Crippen LogP contribution in [0, 0.1) is 0 Å². The minimum atomic E-state index is -0.950. The van der Waals surface area contributed by atoms with Gasteiger partial charge in [-0.2, -0.15) is 0 Å². The van der Waals surface area contributed by atoms with Crippen LogP contribution in [0.3, 0.4) is 0 Å². The SMILES string of the molecule is CCCCCOc1ccc(/C(O)=C2\C(=O)C(=O)N(c3ccccc3O)C2c2ccc(OC)cc2)cc1. The highest BCUT2D eigenvalue weighted by atomic mass is 16.5. The van der Waals surface area contributed by atoms with Crippen molar-refractivity contribution in [1.82, 2.24) is 0 Å². The Morgan fingerprint density at radius 3 is 2.22 bits per heavy atom. The Morgan fingerprint density at radius 2 is 1.58 bits per heavy atom. The van der Waals surface area contributed by atoms with E-state index in [2.05, 4.69) is 6.92 Å². The molecule has 1 unspecified atom stereocenters. The molecule has 36 heavy (non-hydrogen) atoms. The van der Waals surface area contributed by atoms with Gasteiger partial charge in [0.1, 0.15) is 23.0 Å². The molecule has 0 saturated carbocycles. The number of aromatic hydroxyl groups is 1. The van der Waals surface area contributed by atoms with Crippen LogP contribution in [0.25, 0.3) is 5.76 Å². The molecule has 1 heterocycles. The molecule has 1 aliphatic heterocycles. The van der Waals surface area contributed by atoms with Crippen LogP contribution in [0.4, 0.5) is 5.69 Å². The van der Waals surface area contributed by atoms with Crippen LogP contribution in [0.5, 0.6) is 17.2 Å². The second-order valence-electron chi connectivity index (χ2n) is 8.51. The number of rotatable bonds is 9. The van der Waals surface area contributed by atoms with Gasteiger partial charge in [0, 0.05) is 5.56 Å². The maximum Gasteiger partial charge on any atom is 0.300 e. The van der Waals surface area contributed by atoms with E-state index in [1.54, 1.807) is 73.8 Å². The number of carbonyl (C=O) groups is 2. The van der Waals surface area contributed by atoms with Gasteiger partial charge in [0.2, 0.25) is 0 Å². The third-order valence-corrected chi connectivity index (χ3v) is 6.16. The number of phenols is 1. The van der Waals surface area contributed by atoms with Crippen molar-refractivity contribution >= 4 is 23.1 Å². The number of carbonyl (C=O) groups excluding carboxylic acids is 2. The zero-order chi connectivity index (χ0) is 25.7. The predicted molar refractivity (Wildman–Crippen MR) is 137 cm³/mol. The highest BCUT2D eigenvalue weighted by Crippen LogP contribution is 2.44. The molecule has 0 radical (unpaired) electrons. The van der Waals surface area contributed by atoms with E-state index in [4.69, 9.17) is 9.47 Å². The second-order valence-corrected chi connectivity index (χ2v) is 8.51. The number of benzene rings is 3. The number of ether oxygens (including phenoxy) is 2. The summed E-state index contributed by atoms with van der Waals surface area (Å²) in [6.07, 6.45) is 3.14. The van der Waals surface area contributed by atoms with Crippen LogP contribution in [-0.2, 0) is 9.59 Å². The van der Waals surface area contributed by atoms with Gasteiger partial charge >= 0.3 is 0 Å². The number of para-hydroxylation sites is 2. The molecule has 1 fully saturated rings. The monoisotopic (exact) mass is 487 g/mol. The van der Waals surface area contributed by atoms with Gasteiger partial charge in [-0.05, 0) is 60.5 Å². The van der Waals surface area contributed by atoms with Crippen LogP contribution in [0.15, 0.2) is 78.4 Å². The highest BCUT2D eigenvalue weighted by molar-refractivity contribution is 6.51. The molecule has 7 heteroatoms. The molecule has 0 spiro atoms. The van der Waals surface area contributed by atoms with Crippen LogP contribution < -0.4 is 14.4 Å². The fourth-order valence-electron chi connectivity index (χ4n) is 4.26. The van der Waals surface area contributed by atoms with E-state index < -0.39 is 17.7 Å². The number of Topliss-reactive ketones (excluding diaryl/α,β-unsaturated/α-hetero) is 1. The summed E-state index contributed by atoms with van der Waals surface area (Å²) in [7, 11) is 1.54. The van der Waals surface area contributed by atoms with Crippen LogP contribution in [0.1, 0.15) is 43.4 Å². The van der Waals surface area contributed by atoms with Crippen molar-refractivity contribution in [2.75, 3.05) is 18.6 Å². The number of hydrogen-bond acceptors (Lipinski definition) is 6. The van der Waals surface area contributed by atoms with Crippen molar-refractivity contribution in [3.63, 3.8) is 0 Å².